The molecule has 0 saturated carbocycles. The highest BCUT2D eigenvalue weighted by Gasteiger charge is 2.23. The van der Waals surface area contributed by atoms with Crippen LogP contribution in [0.15, 0.2) is 224 Å². The molecule has 0 bridgehead atoms. The fraction of sp³-hybridized carbons (Fsp3) is 0. The van der Waals surface area contributed by atoms with Crippen molar-refractivity contribution in [2.45, 2.75) is 0 Å². The Hall–Kier alpha value is -8.41. The molecule has 0 aliphatic rings. The SMILES string of the molecule is c1ccc(-c2ccc(-n3c4ccccc4c4ccc5c6ccccc6n(-c6nc(-c7ccccc7)nc(-c7cccc(-c8cccc(-c9ccccc9)c8)c7)n6)c5c43)cc2)cc1. The first kappa shape index (κ1) is 35.5. The summed E-state index contributed by atoms with van der Waals surface area (Å²) in [7, 11) is 0. The minimum absolute atomic E-state index is 0.556. The second kappa shape index (κ2) is 14.7. The van der Waals surface area contributed by atoms with Gasteiger partial charge in [0.05, 0.1) is 22.1 Å². The maximum atomic E-state index is 5.41. The first-order chi connectivity index (χ1) is 30.7. The highest BCUT2D eigenvalue weighted by molar-refractivity contribution is 6.23. The molecule has 9 aromatic carbocycles. The van der Waals surface area contributed by atoms with Crippen LogP contribution in [0.3, 0.4) is 0 Å². The molecule has 12 rings (SSSR count). The van der Waals surface area contributed by atoms with Crippen LogP contribution in [0, 0.1) is 0 Å². The van der Waals surface area contributed by atoms with Gasteiger partial charge in [-0.25, -0.2) is 4.98 Å². The summed E-state index contributed by atoms with van der Waals surface area (Å²) in [6, 6.07) is 79.2. The van der Waals surface area contributed by atoms with Crippen molar-refractivity contribution < 1.29 is 0 Å². The predicted molar refractivity (Wildman–Crippen MR) is 256 cm³/mol. The van der Waals surface area contributed by atoms with E-state index in [1.165, 1.54) is 27.6 Å². The van der Waals surface area contributed by atoms with E-state index in [4.69, 9.17) is 15.0 Å². The summed E-state index contributed by atoms with van der Waals surface area (Å²) in [5.74, 6) is 1.77. The van der Waals surface area contributed by atoms with Gasteiger partial charge in [0.15, 0.2) is 11.6 Å². The van der Waals surface area contributed by atoms with Gasteiger partial charge in [-0.3, -0.25) is 4.57 Å². The Balaban J connectivity index is 1.11. The minimum Gasteiger partial charge on any atom is -0.307 e. The van der Waals surface area contributed by atoms with Crippen molar-refractivity contribution in [3.05, 3.63) is 224 Å². The van der Waals surface area contributed by atoms with Crippen molar-refractivity contribution in [2.24, 2.45) is 0 Å². The maximum Gasteiger partial charge on any atom is 0.238 e. The van der Waals surface area contributed by atoms with Crippen LogP contribution in [0.2, 0.25) is 0 Å². The molecular weight excluding hydrogens is 755 g/mol. The molecule has 0 unspecified atom stereocenters. The highest BCUT2D eigenvalue weighted by atomic mass is 15.2. The van der Waals surface area contributed by atoms with E-state index in [1.54, 1.807) is 0 Å². The van der Waals surface area contributed by atoms with Gasteiger partial charge in [-0.05, 0) is 69.8 Å². The van der Waals surface area contributed by atoms with Crippen LogP contribution in [-0.2, 0) is 0 Å². The largest absolute Gasteiger partial charge is 0.307 e. The fourth-order valence-electron chi connectivity index (χ4n) is 9.07. The maximum absolute atomic E-state index is 5.41. The van der Waals surface area contributed by atoms with Gasteiger partial charge < -0.3 is 4.57 Å². The molecule has 5 heteroatoms. The Morgan fingerprint density at radius 1 is 0.258 bits per heavy atom. The van der Waals surface area contributed by atoms with Crippen molar-refractivity contribution in [1.82, 2.24) is 24.1 Å². The van der Waals surface area contributed by atoms with E-state index in [-0.39, 0.29) is 0 Å². The zero-order valence-electron chi connectivity index (χ0n) is 33.6. The van der Waals surface area contributed by atoms with Crippen molar-refractivity contribution in [3.63, 3.8) is 0 Å². The molecule has 0 atom stereocenters. The van der Waals surface area contributed by atoms with Crippen LogP contribution in [0.25, 0.3) is 111 Å². The molecule has 5 nitrogen and oxygen atoms in total. The topological polar surface area (TPSA) is 48.5 Å². The van der Waals surface area contributed by atoms with Crippen LogP contribution in [-0.4, -0.2) is 24.1 Å². The third-order valence-corrected chi connectivity index (χ3v) is 12.0. The molecule has 0 N–H and O–H groups in total. The van der Waals surface area contributed by atoms with E-state index in [1.807, 2.05) is 18.2 Å². The normalized spacial score (nSPS) is 11.5. The van der Waals surface area contributed by atoms with E-state index in [2.05, 4.69) is 215 Å². The third kappa shape index (κ3) is 5.98. The summed E-state index contributed by atoms with van der Waals surface area (Å²) in [6.07, 6.45) is 0. The molecule has 3 heterocycles. The number of hydrogen-bond donors (Lipinski definition) is 0. The number of fused-ring (bicyclic) bond motifs is 7. The summed E-state index contributed by atoms with van der Waals surface area (Å²) in [4.78, 5) is 15.9. The molecule has 0 radical (unpaired) electrons. The Morgan fingerprint density at radius 2 is 0.661 bits per heavy atom. The van der Waals surface area contributed by atoms with Crippen LogP contribution in [0.4, 0.5) is 0 Å². The Labute approximate surface area is 358 Å². The lowest BCUT2D eigenvalue weighted by Crippen LogP contribution is -2.07. The van der Waals surface area contributed by atoms with E-state index in [0.29, 0.717) is 17.6 Å². The first-order valence-corrected chi connectivity index (χ1v) is 20.9. The molecule has 3 aromatic heterocycles. The van der Waals surface area contributed by atoms with Crippen molar-refractivity contribution in [1.29, 1.82) is 0 Å². The molecule has 290 valence electrons. The lowest BCUT2D eigenvalue weighted by atomic mass is 9.98. The number of para-hydroxylation sites is 2. The third-order valence-electron chi connectivity index (χ3n) is 12.0. The molecule has 0 saturated heterocycles. The van der Waals surface area contributed by atoms with Gasteiger partial charge in [0.2, 0.25) is 5.95 Å². The molecular formula is C57H37N5. The van der Waals surface area contributed by atoms with Gasteiger partial charge in [-0.15, -0.1) is 0 Å². The lowest BCUT2D eigenvalue weighted by molar-refractivity contribution is 0.953. The Morgan fingerprint density at radius 3 is 1.26 bits per heavy atom. The van der Waals surface area contributed by atoms with Crippen molar-refractivity contribution in [3.8, 4) is 67.8 Å². The number of hydrogen-bond acceptors (Lipinski definition) is 3. The summed E-state index contributed by atoms with van der Waals surface area (Å²) >= 11 is 0. The fourth-order valence-corrected chi connectivity index (χ4v) is 9.07. The minimum atomic E-state index is 0.556. The second-order valence-electron chi connectivity index (χ2n) is 15.7. The highest BCUT2D eigenvalue weighted by Crippen LogP contribution is 2.42. The van der Waals surface area contributed by atoms with E-state index in [0.717, 1.165) is 66.2 Å². The summed E-state index contributed by atoms with van der Waals surface area (Å²) < 4.78 is 4.66. The summed E-state index contributed by atoms with van der Waals surface area (Å²) in [5.41, 5.74) is 14.1. The van der Waals surface area contributed by atoms with Crippen LogP contribution in [0.1, 0.15) is 0 Å². The van der Waals surface area contributed by atoms with Gasteiger partial charge in [-0.2, -0.15) is 9.97 Å². The first-order valence-electron chi connectivity index (χ1n) is 20.9. The molecule has 62 heavy (non-hydrogen) atoms. The van der Waals surface area contributed by atoms with E-state index < -0.39 is 0 Å². The van der Waals surface area contributed by atoms with Crippen LogP contribution < -0.4 is 0 Å². The van der Waals surface area contributed by atoms with Crippen LogP contribution in [0.5, 0.6) is 0 Å². The monoisotopic (exact) mass is 791 g/mol. The van der Waals surface area contributed by atoms with E-state index in [9.17, 15) is 0 Å². The molecule has 0 fully saturated rings. The Bertz CT molecular complexity index is 3610. The lowest BCUT2D eigenvalue weighted by Gasteiger charge is -2.14. The molecule has 0 aliphatic heterocycles. The smallest absolute Gasteiger partial charge is 0.238 e. The average Bonchev–Trinajstić information content (AvgIpc) is 3.88. The summed E-state index contributed by atoms with van der Waals surface area (Å²) in [5, 5.41) is 4.60. The second-order valence-corrected chi connectivity index (χ2v) is 15.7. The Kier molecular flexibility index (Phi) is 8.42. The van der Waals surface area contributed by atoms with Gasteiger partial charge in [-0.1, -0.05) is 188 Å². The number of rotatable bonds is 7. The number of aromatic nitrogens is 5. The van der Waals surface area contributed by atoms with Crippen LogP contribution >= 0.6 is 0 Å². The quantitative estimate of drug-likeness (QED) is 0.162. The van der Waals surface area contributed by atoms with Gasteiger partial charge in [0, 0.05) is 38.4 Å². The number of nitrogens with zero attached hydrogens (tertiary/aromatic N) is 5. The standard InChI is InChI=1S/C57H37N5/c1-4-16-38(17-5-1)40-30-32-46(33-31-40)61-51-28-12-10-26-47(51)49-34-35-50-48-27-11-13-29-52(48)62(54(50)53(49)61)57-59-55(41-20-8-3-9-21-41)58-56(60-57)45-25-15-24-44(37-45)43-23-14-22-42(36-43)39-18-6-2-7-19-39/h1-37H. The number of benzene rings is 9. The molecule has 0 amide bonds. The van der Waals surface area contributed by atoms with Gasteiger partial charge in [0.25, 0.3) is 0 Å². The molecule has 0 aliphatic carbocycles. The van der Waals surface area contributed by atoms with Gasteiger partial charge in [0.1, 0.15) is 0 Å². The molecule has 0 spiro atoms. The van der Waals surface area contributed by atoms with Crippen molar-refractivity contribution in [2.75, 3.05) is 0 Å². The zero-order chi connectivity index (χ0) is 41.0. The van der Waals surface area contributed by atoms with Crippen molar-refractivity contribution >= 4 is 43.6 Å². The zero-order valence-corrected chi connectivity index (χ0v) is 33.6. The van der Waals surface area contributed by atoms with E-state index >= 15 is 0 Å². The predicted octanol–water partition coefficient (Wildman–Crippen LogP) is 14.4. The van der Waals surface area contributed by atoms with Gasteiger partial charge >= 0.3 is 0 Å². The summed E-state index contributed by atoms with van der Waals surface area (Å²) in [6.45, 7) is 0. The molecule has 12 aromatic rings. The average molecular weight is 792 g/mol.